The molecule has 0 saturated carbocycles. The zero-order valence-electron chi connectivity index (χ0n) is 16.3. The van der Waals surface area contributed by atoms with Crippen molar-refractivity contribution in [3.63, 3.8) is 0 Å². The lowest BCUT2D eigenvalue weighted by molar-refractivity contribution is -0.0580. The summed E-state index contributed by atoms with van der Waals surface area (Å²) >= 11 is 0. The van der Waals surface area contributed by atoms with Crippen molar-refractivity contribution in [2.75, 3.05) is 32.2 Å². The molecule has 2 aromatic heterocycles. The predicted octanol–water partition coefficient (Wildman–Crippen LogP) is 0.850. The Bertz CT molecular complexity index is 907. The molecule has 11 nitrogen and oxygen atoms in total. The summed E-state index contributed by atoms with van der Waals surface area (Å²) in [5.74, 6) is 0.688. The summed E-state index contributed by atoms with van der Waals surface area (Å²) in [7, 11) is -3.26. The third kappa shape index (κ3) is 3.66. The number of rotatable bonds is 7. The second kappa shape index (κ2) is 7.66. The van der Waals surface area contributed by atoms with Gasteiger partial charge in [0, 0.05) is 6.66 Å². The van der Waals surface area contributed by atoms with Crippen molar-refractivity contribution in [2.24, 2.45) is 5.41 Å². The van der Waals surface area contributed by atoms with Crippen molar-refractivity contribution < 1.29 is 28.6 Å². The highest BCUT2D eigenvalue weighted by molar-refractivity contribution is 7.52. The number of aromatic nitrogens is 4. The molecule has 0 radical (unpaired) electrons. The molecule has 1 fully saturated rings. The zero-order chi connectivity index (χ0) is 20.7. The van der Waals surface area contributed by atoms with Crippen molar-refractivity contribution in [1.82, 2.24) is 19.5 Å². The maximum absolute atomic E-state index is 12.2. The van der Waals surface area contributed by atoms with E-state index in [-0.39, 0.29) is 25.6 Å². The molecule has 1 saturated heterocycles. The van der Waals surface area contributed by atoms with Crippen molar-refractivity contribution in [3.8, 4) is 0 Å². The van der Waals surface area contributed by atoms with Gasteiger partial charge < -0.3 is 29.7 Å². The van der Waals surface area contributed by atoms with E-state index < -0.39 is 31.4 Å². The molecule has 0 spiro atoms. The molecular weight excluding hydrogens is 389 g/mol. The largest absolute Gasteiger partial charge is 0.396 e. The minimum absolute atomic E-state index is 0.163. The smallest absolute Gasteiger partial charge is 0.327 e. The van der Waals surface area contributed by atoms with E-state index in [1.165, 1.54) is 13.0 Å². The van der Waals surface area contributed by atoms with E-state index in [1.54, 1.807) is 25.3 Å². The molecule has 1 aliphatic rings. The average Bonchev–Trinajstić information content (AvgIpc) is 3.14. The summed E-state index contributed by atoms with van der Waals surface area (Å²) in [6, 6.07) is 0. The van der Waals surface area contributed by atoms with Crippen LogP contribution in [0.3, 0.4) is 0 Å². The lowest BCUT2D eigenvalue weighted by Crippen LogP contribution is -2.41. The van der Waals surface area contributed by atoms with Crippen LogP contribution in [-0.4, -0.2) is 68.4 Å². The summed E-state index contributed by atoms with van der Waals surface area (Å²) in [6.07, 6.45) is -1.26. The van der Waals surface area contributed by atoms with Crippen LogP contribution in [0.5, 0.6) is 0 Å². The quantitative estimate of drug-likeness (QED) is 0.554. The van der Waals surface area contributed by atoms with Crippen molar-refractivity contribution in [3.05, 3.63) is 12.2 Å². The lowest BCUT2D eigenvalue weighted by Gasteiger charge is -2.31. The Kier molecular flexibility index (Phi) is 5.77. The summed E-state index contributed by atoms with van der Waals surface area (Å²) in [4.78, 5) is 12.7. The van der Waals surface area contributed by atoms with Crippen LogP contribution in [0.2, 0.25) is 0 Å². The monoisotopic (exact) mass is 415 g/mol. The van der Waals surface area contributed by atoms with Crippen molar-refractivity contribution >= 4 is 24.6 Å². The SMILES string of the molecule is CCOP(C)(=O)OC[C@H]1O[C@@H](n2cnc3c(N)nc(C)nc32)[C@](C)(CO)C1O. The van der Waals surface area contributed by atoms with Crippen LogP contribution in [0, 0.1) is 12.3 Å². The molecule has 156 valence electrons. The van der Waals surface area contributed by atoms with Crippen LogP contribution in [0.25, 0.3) is 11.2 Å². The third-order valence-corrected chi connectivity index (χ3v) is 6.23. The number of aliphatic hydroxyl groups excluding tert-OH is 2. The standard InChI is InChI=1S/C16H26N5O6P/c1-5-25-28(4,24)26-6-10-12(23)16(3,7-22)15(27-10)21-8-18-11-13(17)19-9(2)20-14(11)21/h8,10,12,15,22-23H,5-7H2,1-4H3,(H2,17,19,20)/t10-,12?,15-,16-,28?/m1/s1. The van der Waals surface area contributed by atoms with Crippen LogP contribution < -0.4 is 5.73 Å². The van der Waals surface area contributed by atoms with Gasteiger partial charge in [-0.1, -0.05) is 6.92 Å². The summed E-state index contributed by atoms with van der Waals surface area (Å²) in [6.45, 7) is 6.14. The molecule has 5 atom stereocenters. The Morgan fingerprint density at radius 1 is 1.43 bits per heavy atom. The van der Waals surface area contributed by atoms with Crippen molar-refractivity contribution in [1.29, 1.82) is 0 Å². The fraction of sp³-hybridized carbons (Fsp3) is 0.688. The zero-order valence-corrected chi connectivity index (χ0v) is 17.2. The lowest BCUT2D eigenvalue weighted by atomic mass is 9.83. The van der Waals surface area contributed by atoms with E-state index >= 15 is 0 Å². The van der Waals surface area contributed by atoms with Gasteiger partial charge in [-0.25, -0.2) is 15.0 Å². The van der Waals surface area contributed by atoms with Crippen LogP contribution in [-0.2, 0) is 18.3 Å². The van der Waals surface area contributed by atoms with E-state index in [2.05, 4.69) is 15.0 Å². The number of ether oxygens (including phenoxy) is 1. The number of imidazole rings is 1. The maximum atomic E-state index is 12.2. The molecule has 4 N–H and O–H groups in total. The number of anilines is 1. The number of aryl methyl sites for hydroxylation is 1. The van der Waals surface area contributed by atoms with Gasteiger partial charge in [-0.3, -0.25) is 9.13 Å². The van der Waals surface area contributed by atoms with Gasteiger partial charge in [-0.2, -0.15) is 0 Å². The molecule has 0 aromatic carbocycles. The van der Waals surface area contributed by atoms with E-state index in [9.17, 15) is 14.8 Å². The third-order valence-electron chi connectivity index (χ3n) is 4.89. The average molecular weight is 415 g/mol. The number of aliphatic hydroxyl groups is 2. The molecule has 0 amide bonds. The predicted molar refractivity (Wildman–Crippen MR) is 101 cm³/mol. The minimum atomic E-state index is -3.26. The van der Waals surface area contributed by atoms with E-state index in [4.69, 9.17) is 19.5 Å². The van der Waals surface area contributed by atoms with E-state index in [0.717, 1.165) is 0 Å². The Balaban J connectivity index is 1.92. The van der Waals surface area contributed by atoms with Gasteiger partial charge in [0.2, 0.25) is 0 Å². The molecule has 3 rings (SSSR count). The molecule has 1 aliphatic heterocycles. The number of fused-ring (bicyclic) bond motifs is 1. The summed E-state index contributed by atoms with van der Waals surface area (Å²) < 4.78 is 30.2. The highest BCUT2D eigenvalue weighted by atomic mass is 31.2. The Hall–Kier alpha value is -1.62. The van der Waals surface area contributed by atoms with Crippen LogP contribution in [0.1, 0.15) is 25.9 Å². The number of nitrogens with two attached hydrogens (primary N) is 1. The first-order chi connectivity index (χ1) is 13.1. The second-order valence-corrected chi connectivity index (χ2v) is 9.16. The van der Waals surface area contributed by atoms with Gasteiger partial charge >= 0.3 is 7.60 Å². The summed E-state index contributed by atoms with van der Waals surface area (Å²) in [5.41, 5.74) is 5.66. The molecule has 0 bridgehead atoms. The van der Waals surface area contributed by atoms with Crippen LogP contribution in [0.15, 0.2) is 6.33 Å². The molecule has 2 unspecified atom stereocenters. The van der Waals surface area contributed by atoms with Gasteiger partial charge in [0.1, 0.15) is 23.7 Å². The minimum Gasteiger partial charge on any atom is -0.396 e. The van der Waals surface area contributed by atoms with Gasteiger partial charge in [0.05, 0.1) is 37.7 Å². The molecule has 2 aromatic rings. The van der Waals surface area contributed by atoms with Crippen molar-refractivity contribution in [2.45, 2.75) is 39.2 Å². The number of hydrogen-bond donors (Lipinski definition) is 3. The fourth-order valence-corrected chi connectivity index (χ4v) is 4.32. The highest BCUT2D eigenvalue weighted by Crippen LogP contribution is 2.49. The highest BCUT2D eigenvalue weighted by Gasteiger charge is 2.54. The molecule has 12 heteroatoms. The maximum Gasteiger partial charge on any atom is 0.327 e. The van der Waals surface area contributed by atoms with Gasteiger partial charge in [0.15, 0.2) is 11.5 Å². The second-order valence-electron chi connectivity index (χ2n) is 7.10. The number of nitrogens with zero attached hydrogens (tertiary/aromatic N) is 4. The van der Waals surface area contributed by atoms with E-state index in [0.29, 0.717) is 17.0 Å². The molecule has 0 aliphatic carbocycles. The van der Waals surface area contributed by atoms with Crippen LogP contribution >= 0.6 is 7.60 Å². The number of hydrogen-bond acceptors (Lipinski definition) is 10. The normalized spacial score (nSPS) is 30.0. The molecule has 28 heavy (non-hydrogen) atoms. The molecular formula is C16H26N5O6P. The first-order valence-electron chi connectivity index (χ1n) is 8.90. The fourth-order valence-electron chi connectivity index (χ4n) is 3.36. The van der Waals surface area contributed by atoms with Gasteiger partial charge in [-0.15, -0.1) is 0 Å². The Labute approximate surface area is 162 Å². The van der Waals surface area contributed by atoms with Gasteiger partial charge in [0.25, 0.3) is 0 Å². The molecule has 3 heterocycles. The topological polar surface area (TPSA) is 155 Å². The Morgan fingerprint density at radius 3 is 2.79 bits per heavy atom. The first-order valence-corrected chi connectivity index (χ1v) is 10.9. The first kappa shape index (κ1) is 21.1. The Morgan fingerprint density at radius 2 is 2.14 bits per heavy atom. The summed E-state index contributed by atoms with van der Waals surface area (Å²) in [5, 5.41) is 20.8. The number of nitrogen functional groups attached to an aromatic ring is 1. The van der Waals surface area contributed by atoms with Gasteiger partial charge in [-0.05, 0) is 13.8 Å². The van der Waals surface area contributed by atoms with E-state index in [1.807, 2.05) is 0 Å². The van der Waals surface area contributed by atoms with Crippen LogP contribution in [0.4, 0.5) is 5.82 Å².